The molecule has 1 unspecified atom stereocenters. The fourth-order valence-electron chi connectivity index (χ4n) is 4.08. The summed E-state index contributed by atoms with van der Waals surface area (Å²) >= 11 is 0. The Hall–Kier alpha value is -2.89. The standard InChI is InChI=1S/C22H26N2O4/c1-13-19(14(2)23-20(13)15(3)25)21(26)24-10-9-16(12-24)11-17-7-5-6-8-18(17)22(27)28-4/h5-8,16,23H,9-12H2,1-4H3. The maximum atomic E-state index is 13.1. The molecular formula is C22H26N2O4. The number of ether oxygens (including phenoxy) is 1. The van der Waals surface area contributed by atoms with Crippen molar-refractivity contribution in [2.24, 2.45) is 5.92 Å². The largest absolute Gasteiger partial charge is 0.465 e. The SMILES string of the molecule is COC(=O)c1ccccc1CC1CCN(C(=O)c2c(C)[nH]c(C(C)=O)c2C)C1. The highest BCUT2D eigenvalue weighted by Gasteiger charge is 2.31. The monoisotopic (exact) mass is 382 g/mol. The van der Waals surface area contributed by atoms with E-state index in [1.165, 1.54) is 14.0 Å². The number of esters is 1. The van der Waals surface area contributed by atoms with Crippen molar-refractivity contribution in [3.8, 4) is 0 Å². The number of nitrogens with zero attached hydrogens (tertiary/aromatic N) is 1. The maximum Gasteiger partial charge on any atom is 0.338 e. The molecule has 1 fully saturated rings. The number of amides is 1. The third-order valence-electron chi connectivity index (χ3n) is 5.51. The second kappa shape index (κ2) is 8.00. The van der Waals surface area contributed by atoms with Crippen LogP contribution >= 0.6 is 0 Å². The van der Waals surface area contributed by atoms with Gasteiger partial charge in [-0.3, -0.25) is 9.59 Å². The summed E-state index contributed by atoms with van der Waals surface area (Å²) in [4.78, 5) is 41.7. The normalized spacial score (nSPS) is 16.3. The second-order valence-electron chi connectivity index (χ2n) is 7.44. The average molecular weight is 382 g/mol. The van der Waals surface area contributed by atoms with E-state index in [1.54, 1.807) is 6.07 Å². The number of Topliss-reactive ketones (excluding diaryl/α,β-unsaturated/α-hetero) is 1. The van der Waals surface area contributed by atoms with Gasteiger partial charge in [-0.1, -0.05) is 18.2 Å². The Morgan fingerprint density at radius 1 is 1.21 bits per heavy atom. The van der Waals surface area contributed by atoms with Crippen LogP contribution in [0, 0.1) is 19.8 Å². The van der Waals surface area contributed by atoms with Gasteiger partial charge in [-0.15, -0.1) is 0 Å². The number of H-pyrrole nitrogens is 1. The van der Waals surface area contributed by atoms with Gasteiger partial charge in [0, 0.05) is 25.7 Å². The minimum Gasteiger partial charge on any atom is -0.465 e. The molecule has 1 N–H and O–H groups in total. The van der Waals surface area contributed by atoms with Crippen LogP contribution in [0.3, 0.4) is 0 Å². The average Bonchev–Trinajstić information content (AvgIpc) is 3.25. The van der Waals surface area contributed by atoms with E-state index in [1.807, 2.05) is 36.9 Å². The highest BCUT2D eigenvalue weighted by molar-refractivity contribution is 6.02. The number of nitrogens with one attached hydrogen (secondary N) is 1. The Labute approximate surface area is 164 Å². The Morgan fingerprint density at radius 3 is 2.57 bits per heavy atom. The van der Waals surface area contributed by atoms with Crippen LogP contribution in [-0.4, -0.2) is 47.7 Å². The molecule has 1 aliphatic rings. The van der Waals surface area contributed by atoms with Crippen molar-refractivity contribution in [3.05, 3.63) is 57.9 Å². The number of ketones is 1. The number of aromatic amines is 1. The van der Waals surface area contributed by atoms with E-state index in [-0.39, 0.29) is 23.6 Å². The summed E-state index contributed by atoms with van der Waals surface area (Å²) in [6.45, 7) is 6.44. The van der Waals surface area contributed by atoms with Crippen LogP contribution in [0.2, 0.25) is 0 Å². The van der Waals surface area contributed by atoms with Gasteiger partial charge in [-0.05, 0) is 49.8 Å². The Morgan fingerprint density at radius 2 is 1.93 bits per heavy atom. The van der Waals surface area contributed by atoms with Crippen LogP contribution in [0.25, 0.3) is 0 Å². The molecule has 0 saturated carbocycles. The maximum absolute atomic E-state index is 13.1. The molecule has 0 aliphatic carbocycles. The molecule has 6 heteroatoms. The van der Waals surface area contributed by atoms with E-state index in [0.717, 1.165) is 29.7 Å². The van der Waals surface area contributed by atoms with Gasteiger partial charge in [0.05, 0.1) is 23.9 Å². The predicted molar refractivity (Wildman–Crippen MR) is 106 cm³/mol. The molecule has 1 amide bonds. The quantitative estimate of drug-likeness (QED) is 0.635. The van der Waals surface area contributed by atoms with Gasteiger partial charge in [0.15, 0.2) is 5.78 Å². The van der Waals surface area contributed by atoms with E-state index in [0.29, 0.717) is 29.9 Å². The molecule has 28 heavy (non-hydrogen) atoms. The van der Waals surface area contributed by atoms with Gasteiger partial charge in [0.25, 0.3) is 5.91 Å². The molecule has 0 spiro atoms. The Kier molecular flexibility index (Phi) is 5.68. The summed E-state index contributed by atoms with van der Waals surface area (Å²) in [5, 5.41) is 0. The molecule has 1 aliphatic heterocycles. The zero-order valence-corrected chi connectivity index (χ0v) is 16.8. The topological polar surface area (TPSA) is 79.5 Å². The molecule has 1 aromatic carbocycles. The van der Waals surface area contributed by atoms with Crippen molar-refractivity contribution in [3.63, 3.8) is 0 Å². The van der Waals surface area contributed by atoms with Crippen LogP contribution < -0.4 is 0 Å². The summed E-state index contributed by atoms with van der Waals surface area (Å²) in [7, 11) is 1.38. The van der Waals surface area contributed by atoms with Crippen LogP contribution in [0.5, 0.6) is 0 Å². The van der Waals surface area contributed by atoms with Gasteiger partial charge in [0.2, 0.25) is 0 Å². The summed E-state index contributed by atoms with van der Waals surface area (Å²) in [6, 6.07) is 7.45. The zero-order valence-electron chi connectivity index (χ0n) is 16.8. The number of hydrogen-bond acceptors (Lipinski definition) is 4. The number of carbonyl (C=O) groups excluding carboxylic acids is 3. The first-order valence-corrected chi connectivity index (χ1v) is 9.49. The molecule has 2 heterocycles. The van der Waals surface area contributed by atoms with E-state index in [9.17, 15) is 14.4 Å². The van der Waals surface area contributed by atoms with Crippen LogP contribution in [0.15, 0.2) is 24.3 Å². The third kappa shape index (κ3) is 3.72. The van der Waals surface area contributed by atoms with Crippen LogP contribution in [0.1, 0.15) is 61.4 Å². The highest BCUT2D eigenvalue weighted by Crippen LogP contribution is 2.27. The van der Waals surface area contributed by atoms with Gasteiger partial charge >= 0.3 is 5.97 Å². The highest BCUT2D eigenvalue weighted by atomic mass is 16.5. The van der Waals surface area contributed by atoms with E-state index >= 15 is 0 Å². The molecule has 148 valence electrons. The number of aryl methyl sites for hydroxylation is 1. The number of rotatable bonds is 5. The first-order valence-electron chi connectivity index (χ1n) is 9.49. The number of methoxy groups -OCH3 is 1. The Balaban J connectivity index is 1.74. The van der Waals surface area contributed by atoms with Gasteiger partial charge in [-0.2, -0.15) is 0 Å². The summed E-state index contributed by atoms with van der Waals surface area (Å²) in [5.74, 6) is -0.167. The molecule has 1 atom stereocenters. The lowest BCUT2D eigenvalue weighted by atomic mass is 9.95. The van der Waals surface area contributed by atoms with Crippen molar-refractivity contribution < 1.29 is 19.1 Å². The number of carbonyl (C=O) groups is 3. The number of benzene rings is 1. The summed E-state index contributed by atoms with van der Waals surface area (Å²) in [5.41, 5.74) is 4.07. The minimum atomic E-state index is -0.336. The van der Waals surface area contributed by atoms with E-state index < -0.39 is 0 Å². The first kappa shape index (κ1) is 19.9. The summed E-state index contributed by atoms with van der Waals surface area (Å²) in [6.07, 6.45) is 1.60. The second-order valence-corrected chi connectivity index (χ2v) is 7.44. The summed E-state index contributed by atoms with van der Waals surface area (Å²) < 4.78 is 4.87. The van der Waals surface area contributed by atoms with Crippen molar-refractivity contribution >= 4 is 17.7 Å². The lowest BCUT2D eigenvalue weighted by Crippen LogP contribution is -2.29. The van der Waals surface area contributed by atoms with Gasteiger partial charge < -0.3 is 14.6 Å². The van der Waals surface area contributed by atoms with Crippen molar-refractivity contribution in [2.45, 2.75) is 33.6 Å². The van der Waals surface area contributed by atoms with Crippen LogP contribution in [-0.2, 0) is 11.2 Å². The smallest absolute Gasteiger partial charge is 0.338 e. The van der Waals surface area contributed by atoms with Crippen molar-refractivity contribution in [2.75, 3.05) is 20.2 Å². The number of aromatic nitrogens is 1. The minimum absolute atomic E-state index is 0.0393. The fourth-order valence-corrected chi connectivity index (χ4v) is 4.08. The molecule has 1 saturated heterocycles. The first-order chi connectivity index (χ1) is 13.3. The van der Waals surface area contributed by atoms with Crippen molar-refractivity contribution in [1.82, 2.24) is 9.88 Å². The van der Waals surface area contributed by atoms with E-state index in [2.05, 4.69) is 4.98 Å². The number of hydrogen-bond donors (Lipinski definition) is 1. The van der Waals surface area contributed by atoms with Crippen molar-refractivity contribution in [1.29, 1.82) is 0 Å². The fraction of sp³-hybridized carbons (Fsp3) is 0.409. The predicted octanol–water partition coefficient (Wildman–Crippen LogP) is 3.33. The Bertz CT molecular complexity index is 929. The van der Waals surface area contributed by atoms with Gasteiger partial charge in [-0.25, -0.2) is 4.79 Å². The molecule has 6 nitrogen and oxygen atoms in total. The van der Waals surface area contributed by atoms with Crippen LogP contribution in [0.4, 0.5) is 0 Å². The lowest BCUT2D eigenvalue weighted by molar-refractivity contribution is 0.0598. The van der Waals surface area contributed by atoms with Gasteiger partial charge in [0.1, 0.15) is 0 Å². The molecule has 2 aromatic rings. The van der Waals surface area contributed by atoms with E-state index in [4.69, 9.17) is 4.74 Å². The molecule has 0 bridgehead atoms. The molecule has 1 aromatic heterocycles. The molecule has 0 radical (unpaired) electrons. The lowest BCUT2D eigenvalue weighted by Gasteiger charge is -2.18. The molecular weight excluding hydrogens is 356 g/mol. The molecule has 3 rings (SSSR count). The zero-order chi connectivity index (χ0) is 20.4. The number of likely N-dealkylation sites (tertiary alicyclic amines) is 1. The third-order valence-corrected chi connectivity index (χ3v) is 5.51.